The molecular weight excluding hydrogens is 286 g/mol. The zero-order valence-electron chi connectivity index (χ0n) is 10.1. The summed E-state index contributed by atoms with van der Waals surface area (Å²) < 4.78 is 1.17. The molecule has 0 fully saturated rings. The van der Waals surface area contributed by atoms with Gasteiger partial charge in [-0.05, 0) is 18.2 Å². The molecule has 0 aliphatic heterocycles. The van der Waals surface area contributed by atoms with E-state index in [2.05, 4.69) is 10.4 Å². The van der Waals surface area contributed by atoms with Crippen LogP contribution in [-0.4, -0.2) is 31.9 Å². The summed E-state index contributed by atoms with van der Waals surface area (Å²) in [6.45, 7) is -0.303. The summed E-state index contributed by atoms with van der Waals surface area (Å²) in [6.07, 6.45) is 2.69. The Kier molecular flexibility index (Phi) is 3.90. The molecule has 1 amide bonds. The van der Waals surface area contributed by atoms with E-state index in [4.69, 9.17) is 16.7 Å². The fraction of sp³-hybridized carbons (Fsp3) is 0.0833. The molecule has 0 aliphatic rings. The van der Waals surface area contributed by atoms with Crippen molar-refractivity contribution < 1.29 is 19.8 Å². The van der Waals surface area contributed by atoms with E-state index in [0.717, 1.165) is 0 Å². The molecular formula is C12H10ClN3O4. The quantitative estimate of drug-likeness (QED) is 0.794. The third-order valence-corrected chi connectivity index (χ3v) is 2.71. The predicted molar refractivity (Wildman–Crippen MR) is 70.9 cm³/mol. The Morgan fingerprint density at radius 2 is 2.15 bits per heavy atom. The van der Waals surface area contributed by atoms with Crippen molar-refractivity contribution >= 4 is 29.2 Å². The average Bonchev–Trinajstić information content (AvgIpc) is 2.78. The predicted octanol–water partition coefficient (Wildman–Crippen LogP) is 1.58. The van der Waals surface area contributed by atoms with Crippen LogP contribution in [0.3, 0.4) is 0 Å². The van der Waals surface area contributed by atoms with Crippen molar-refractivity contribution in [2.75, 3.05) is 5.32 Å². The molecule has 7 nitrogen and oxygen atoms in total. The topological polar surface area (TPSA) is 104 Å². The van der Waals surface area contributed by atoms with Gasteiger partial charge in [0.05, 0.1) is 22.5 Å². The molecule has 104 valence electrons. The summed E-state index contributed by atoms with van der Waals surface area (Å²) in [5.41, 5.74) is 0.438. The van der Waals surface area contributed by atoms with E-state index in [9.17, 15) is 14.7 Å². The minimum atomic E-state index is -1.04. The van der Waals surface area contributed by atoms with Gasteiger partial charge < -0.3 is 15.5 Å². The van der Waals surface area contributed by atoms with Gasteiger partial charge in [-0.25, -0.2) is 0 Å². The number of nitrogens with zero attached hydrogens (tertiary/aromatic N) is 2. The second-order valence-corrected chi connectivity index (χ2v) is 4.35. The van der Waals surface area contributed by atoms with Crippen LogP contribution in [-0.2, 0) is 11.3 Å². The minimum Gasteiger partial charge on any atom is -0.508 e. The number of benzene rings is 1. The number of carboxylic acids is 1. The molecule has 20 heavy (non-hydrogen) atoms. The Hall–Kier alpha value is -2.54. The van der Waals surface area contributed by atoms with Crippen molar-refractivity contribution in [1.82, 2.24) is 9.78 Å². The van der Waals surface area contributed by atoms with E-state index in [1.165, 1.54) is 35.3 Å². The molecule has 0 bridgehead atoms. The third kappa shape index (κ3) is 3.27. The van der Waals surface area contributed by atoms with Crippen LogP contribution in [0.25, 0.3) is 0 Å². The molecule has 1 heterocycles. The molecule has 8 heteroatoms. The van der Waals surface area contributed by atoms with Gasteiger partial charge in [0.25, 0.3) is 5.91 Å². The van der Waals surface area contributed by atoms with Crippen molar-refractivity contribution in [3.63, 3.8) is 0 Å². The minimum absolute atomic E-state index is 0.0823. The van der Waals surface area contributed by atoms with Gasteiger partial charge in [-0.15, -0.1) is 0 Å². The molecule has 0 radical (unpaired) electrons. The van der Waals surface area contributed by atoms with Crippen molar-refractivity contribution in [3.05, 3.63) is 41.2 Å². The number of phenols is 1. The van der Waals surface area contributed by atoms with Crippen LogP contribution in [0.2, 0.25) is 5.02 Å². The van der Waals surface area contributed by atoms with Crippen molar-refractivity contribution in [2.24, 2.45) is 0 Å². The first kappa shape index (κ1) is 13.9. The maximum absolute atomic E-state index is 12.0. The number of halogens is 1. The van der Waals surface area contributed by atoms with E-state index in [1.54, 1.807) is 0 Å². The van der Waals surface area contributed by atoms with Gasteiger partial charge >= 0.3 is 5.97 Å². The van der Waals surface area contributed by atoms with Crippen LogP contribution in [0.15, 0.2) is 30.6 Å². The lowest BCUT2D eigenvalue weighted by atomic mass is 10.2. The van der Waals surface area contributed by atoms with Gasteiger partial charge in [0.15, 0.2) is 0 Å². The van der Waals surface area contributed by atoms with Crippen LogP contribution < -0.4 is 5.32 Å². The van der Waals surface area contributed by atoms with E-state index < -0.39 is 11.9 Å². The van der Waals surface area contributed by atoms with Gasteiger partial charge in [0.1, 0.15) is 12.3 Å². The highest BCUT2D eigenvalue weighted by atomic mass is 35.5. The summed E-state index contributed by atoms with van der Waals surface area (Å²) in [5, 5.41) is 24.4. The number of carbonyl (C=O) groups excluding carboxylic acids is 1. The van der Waals surface area contributed by atoms with Gasteiger partial charge in [0.2, 0.25) is 0 Å². The largest absolute Gasteiger partial charge is 0.508 e. The number of amides is 1. The zero-order chi connectivity index (χ0) is 14.7. The molecule has 2 aromatic rings. The number of carbonyl (C=O) groups is 2. The lowest BCUT2D eigenvalue weighted by molar-refractivity contribution is -0.137. The highest BCUT2D eigenvalue weighted by Crippen LogP contribution is 2.22. The Morgan fingerprint density at radius 3 is 2.85 bits per heavy atom. The second kappa shape index (κ2) is 5.62. The summed E-state index contributed by atoms with van der Waals surface area (Å²) in [7, 11) is 0. The molecule has 2 rings (SSSR count). The van der Waals surface area contributed by atoms with Crippen LogP contribution in [0.1, 0.15) is 10.4 Å². The molecule has 0 saturated heterocycles. The molecule has 1 aromatic heterocycles. The maximum atomic E-state index is 12.0. The Morgan fingerprint density at radius 1 is 1.40 bits per heavy atom. The molecule has 0 spiro atoms. The van der Waals surface area contributed by atoms with Crippen molar-refractivity contribution in [2.45, 2.75) is 6.54 Å². The number of hydrogen-bond acceptors (Lipinski definition) is 4. The fourth-order valence-electron chi connectivity index (χ4n) is 1.54. The van der Waals surface area contributed by atoms with E-state index >= 15 is 0 Å². The number of phenolic OH excluding ortho intramolecular Hbond substituents is 1. The lowest BCUT2D eigenvalue weighted by Crippen LogP contribution is -2.12. The zero-order valence-corrected chi connectivity index (χ0v) is 10.8. The smallest absolute Gasteiger partial charge is 0.325 e. The van der Waals surface area contributed by atoms with Crippen LogP contribution >= 0.6 is 11.6 Å². The van der Waals surface area contributed by atoms with Gasteiger partial charge in [-0.2, -0.15) is 5.10 Å². The monoisotopic (exact) mass is 295 g/mol. The van der Waals surface area contributed by atoms with Crippen LogP contribution in [0.4, 0.5) is 5.69 Å². The van der Waals surface area contributed by atoms with Crippen molar-refractivity contribution in [1.29, 1.82) is 0 Å². The molecule has 0 aliphatic carbocycles. The number of aromatic nitrogens is 2. The number of anilines is 1. The standard InChI is InChI=1S/C12H10ClN3O4/c13-10-2-1-8(17)3-9(10)12(20)15-7-4-14-16(5-7)6-11(18)19/h1-5,17H,6H2,(H,15,20)(H,18,19). The Labute approximate surface area is 118 Å². The van der Waals surface area contributed by atoms with Crippen LogP contribution in [0.5, 0.6) is 5.75 Å². The average molecular weight is 296 g/mol. The summed E-state index contributed by atoms with van der Waals surface area (Å²) in [5.74, 6) is -1.65. The second-order valence-electron chi connectivity index (χ2n) is 3.94. The van der Waals surface area contributed by atoms with Gasteiger partial charge in [-0.3, -0.25) is 14.3 Å². The maximum Gasteiger partial charge on any atom is 0.325 e. The first-order chi connectivity index (χ1) is 9.45. The fourth-order valence-corrected chi connectivity index (χ4v) is 1.74. The molecule has 3 N–H and O–H groups in total. The van der Waals surface area contributed by atoms with E-state index in [0.29, 0.717) is 5.69 Å². The Bertz CT molecular complexity index is 668. The summed E-state index contributed by atoms with van der Waals surface area (Å²) >= 11 is 5.86. The number of aliphatic carboxylic acids is 1. The first-order valence-electron chi connectivity index (χ1n) is 5.50. The summed E-state index contributed by atoms with van der Waals surface area (Å²) in [4.78, 5) is 22.5. The number of rotatable bonds is 4. The number of carboxylic acid groups (broad SMARTS) is 1. The molecule has 0 atom stereocenters. The highest BCUT2D eigenvalue weighted by molar-refractivity contribution is 6.34. The normalized spacial score (nSPS) is 10.2. The van der Waals surface area contributed by atoms with Crippen LogP contribution in [0, 0.1) is 0 Å². The number of aromatic hydroxyl groups is 1. The highest BCUT2D eigenvalue weighted by Gasteiger charge is 2.12. The third-order valence-electron chi connectivity index (χ3n) is 2.38. The molecule has 0 unspecified atom stereocenters. The number of nitrogens with one attached hydrogen (secondary N) is 1. The Balaban J connectivity index is 2.13. The van der Waals surface area contributed by atoms with E-state index in [1.807, 2.05) is 0 Å². The lowest BCUT2D eigenvalue weighted by Gasteiger charge is -2.05. The van der Waals surface area contributed by atoms with Gasteiger partial charge in [0, 0.05) is 6.20 Å². The van der Waals surface area contributed by atoms with Gasteiger partial charge in [-0.1, -0.05) is 11.6 Å². The number of hydrogen-bond donors (Lipinski definition) is 3. The molecule has 0 saturated carbocycles. The molecule has 1 aromatic carbocycles. The summed E-state index contributed by atoms with van der Waals surface area (Å²) in [6, 6.07) is 4.00. The van der Waals surface area contributed by atoms with E-state index in [-0.39, 0.29) is 22.9 Å². The SMILES string of the molecule is O=C(O)Cn1cc(NC(=O)c2cc(O)ccc2Cl)cn1. The first-order valence-corrected chi connectivity index (χ1v) is 5.87. The van der Waals surface area contributed by atoms with Crippen molar-refractivity contribution in [3.8, 4) is 5.75 Å².